The molecule has 0 radical (unpaired) electrons. The summed E-state index contributed by atoms with van der Waals surface area (Å²) in [5.41, 5.74) is 2.38. The van der Waals surface area contributed by atoms with Gasteiger partial charge in [-0.3, -0.25) is 9.79 Å². The molecule has 1 aliphatic carbocycles. The normalized spacial score (nSPS) is 20.6. The SMILES string of the molecule is CCOc1cc2c(cc1OC)C(c1ccc(OC(F)F)c(OC(F)F)c1)=NC1CCC(OC(C)=O)CC21. The second kappa shape index (κ2) is 11.3. The highest BCUT2D eigenvalue weighted by Crippen LogP contribution is 2.46. The maximum Gasteiger partial charge on any atom is 0.387 e. The van der Waals surface area contributed by atoms with Crippen molar-refractivity contribution in [1.29, 1.82) is 0 Å². The van der Waals surface area contributed by atoms with Crippen molar-refractivity contribution in [1.82, 2.24) is 0 Å². The van der Waals surface area contributed by atoms with Gasteiger partial charge in [0.1, 0.15) is 6.10 Å². The number of alkyl halides is 4. The summed E-state index contributed by atoms with van der Waals surface area (Å²) in [7, 11) is 1.50. The lowest BCUT2D eigenvalue weighted by Crippen LogP contribution is -2.36. The van der Waals surface area contributed by atoms with E-state index in [9.17, 15) is 22.4 Å². The number of benzene rings is 2. The summed E-state index contributed by atoms with van der Waals surface area (Å²) in [5.74, 6) is -0.525. The van der Waals surface area contributed by atoms with Crippen molar-refractivity contribution in [3.8, 4) is 23.0 Å². The highest BCUT2D eigenvalue weighted by atomic mass is 19.3. The van der Waals surface area contributed by atoms with Crippen molar-refractivity contribution in [2.75, 3.05) is 13.7 Å². The van der Waals surface area contributed by atoms with Crippen LogP contribution in [0, 0.1) is 0 Å². The lowest BCUT2D eigenvalue weighted by atomic mass is 9.74. The maximum atomic E-state index is 13.1. The lowest BCUT2D eigenvalue weighted by Gasteiger charge is -2.38. The van der Waals surface area contributed by atoms with Crippen molar-refractivity contribution in [3.05, 3.63) is 47.0 Å². The summed E-state index contributed by atoms with van der Waals surface area (Å²) in [5, 5.41) is 0. The van der Waals surface area contributed by atoms with Crippen LogP contribution in [0.25, 0.3) is 0 Å². The molecular formula is C26H27F4NO6. The van der Waals surface area contributed by atoms with Gasteiger partial charge in [0.2, 0.25) is 0 Å². The Kier molecular flexibility index (Phi) is 8.09. The van der Waals surface area contributed by atoms with Crippen LogP contribution < -0.4 is 18.9 Å². The number of rotatable bonds is 9. The van der Waals surface area contributed by atoms with Gasteiger partial charge in [0, 0.05) is 24.0 Å². The number of aliphatic imine (C=N–C) groups is 1. The van der Waals surface area contributed by atoms with Crippen LogP contribution in [0.1, 0.15) is 55.7 Å². The Hall–Kier alpha value is -3.50. The van der Waals surface area contributed by atoms with E-state index < -0.39 is 24.7 Å². The Morgan fingerprint density at radius 2 is 1.73 bits per heavy atom. The van der Waals surface area contributed by atoms with Crippen LogP contribution in [-0.4, -0.2) is 50.8 Å². The van der Waals surface area contributed by atoms with Crippen LogP contribution >= 0.6 is 0 Å². The first-order valence-electron chi connectivity index (χ1n) is 11.8. The van der Waals surface area contributed by atoms with E-state index in [1.165, 1.54) is 26.2 Å². The van der Waals surface area contributed by atoms with Crippen molar-refractivity contribution in [3.63, 3.8) is 0 Å². The number of esters is 1. The third-order valence-corrected chi connectivity index (χ3v) is 6.33. The van der Waals surface area contributed by atoms with Gasteiger partial charge >= 0.3 is 19.2 Å². The quantitative estimate of drug-likeness (QED) is 0.308. The molecule has 0 bridgehead atoms. The topological polar surface area (TPSA) is 75.6 Å². The summed E-state index contributed by atoms with van der Waals surface area (Å²) in [6, 6.07) is 7.25. The smallest absolute Gasteiger partial charge is 0.387 e. The Balaban J connectivity index is 1.83. The van der Waals surface area contributed by atoms with Crippen LogP contribution in [0.4, 0.5) is 17.6 Å². The van der Waals surface area contributed by atoms with Crippen molar-refractivity contribution in [2.45, 2.75) is 64.4 Å². The molecule has 0 N–H and O–H groups in total. The summed E-state index contributed by atoms with van der Waals surface area (Å²) >= 11 is 0. The summed E-state index contributed by atoms with van der Waals surface area (Å²) in [4.78, 5) is 16.5. The highest BCUT2D eigenvalue weighted by Gasteiger charge is 2.39. The molecule has 2 aliphatic rings. The fraction of sp³-hybridized carbons (Fsp3) is 0.462. The number of fused-ring (bicyclic) bond motifs is 3. The van der Waals surface area contributed by atoms with E-state index in [4.69, 9.17) is 19.2 Å². The lowest BCUT2D eigenvalue weighted by molar-refractivity contribution is -0.148. The van der Waals surface area contributed by atoms with Gasteiger partial charge in [-0.15, -0.1) is 0 Å². The first-order chi connectivity index (χ1) is 17.7. The molecule has 0 spiro atoms. The largest absolute Gasteiger partial charge is 0.493 e. The van der Waals surface area contributed by atoms with Crippen molar-refractivity contribution in [2.24, 2.45) is 4.99 Å². The monoisotopic (exact) mass is 525 g/mol. The van der Waals surface area contributed by atoms with Crippen molar-refractivity contribution < 1.29 is 46.0 Å². The van der Waals surface area contributed by atoms with Gasteiger partial charge in [-0.25, -0.2) is 0 Å². The van der Waals surface area contributed by atoms with Gasteiger partial charge < -0.3 is 23.7 Å². The summed E-state index contributed by atoms with van der Waals surface area (Å²) in [6.45, 7) is -2.84. The van der Waals surface area contributed by atoms with Crippen LogP contribution in [0.3, 0.4) is 0 Å². The number of methoxy groups -OCH3 is 1. The van der Waals surface area contributed by atoms with Gasteiger partial charge in [0.15, 0.2) is 23.0 Å². The van der Waals surface area contributed by atoms with E-state index in [2.05, 4.69) is 9.47 Å². The Bertz CT molecular complexity index is 1170. The Morgan fingerprint density at radius 3 is 2.38 bits per heavy atom. The average molecular weight is 525 g/mol. The molecule has 200 valence electrons. The minimum Gasteiger partial charge on any atom is -0.493 e. The van der Waals surface area contributed by atoms with Crippen LogP contribution in [-0.2, 0) is 9.53 Å². The molecule has 3 atom stereocenters. The number of nitrogens with zero attached hydrogens (tertiary/aromatic N) is 1. The van der Waals surface area contributed by atoms with Crippen LogP contribution in [0.15, 0.2) is 35.3 Å². The predicted molar refractivity (Wildman–Crippen MR) is 125 cm³/mol. The summed E-state index contributed by atoms with van der Waals surface area (Å²) < 4.78 is 77.4. The molecule has 3 unspecified atom stereocenters. The van der Waals surface area contributed by atoms with E-state index in [1.54, 1.807) is 6.07 Å². The number of carbonyl (C=O) groups excluding carboxylic acids is 1. The van der Waals surface area contributed by atoms with E-state index in [0.29, 0.717) is 54.2 Å². The Labute approximate surface area is 211 Å². The van der Waals surface area contributed by atoms with E-state index in [-0.39, 0.29) is 24.0 Å². The molecule has 1 heterocycles. The van der Waals surface area contributed by atoms with Gasteiger partial charge in [-0.05, 0) is 62.1 Å². The van der Waals surface area contributed by atoms with Gasteiger partial charge in [-0.1, -0.05) is 0 Å². The van der Waals surface area contributed by atoms with E-state index >= 15 is 0 Å². The third kappa shape index (κ3) is 5.91. The highest BCUT2D eigenvalue weighted by molar-refractivity contribution is 6.15. The molecule has 0 saturated heterocycles. The minimum absolute atomic E-state index is 0.0970. The molecule has 1 fully saturated rings. The van der Waals surface area contributed by atoms with Gasteiger partial charge in [-0.2, -0.15) is 17.6 Å². The molecule has 4 rings (SSSR count). The molecule has 2 aromatic carbocycles. The molecule has 2 aromatic rings. The molecule has 1 saturated carbocycles. The maximum absolute atomic E-state index is 13.1. The van der Waals surface area contributed by atoms with Crippen LogP contribution in [0.5, 0.6) is 23.0 Å². The molecule has 37 heavy (non-hydrogen) atoms. The standard InChI is InChI=1S/C26H27F4NO6/c1-4-34-22-11-16-17-10-15(35-13(2)32)6-7-19(17)31-24(18(16)12-21(22)33-3)14-5-8-20(36-25(27)28)23(9-14)37-26(29)30/h5,8-9,11-12,15,17,19,25-26H,4,6-7,10H2,1-3H3. The first kappa shape index (κ1) is 26.6. The first-order valence-corrected chi connectivity index (χ1v) is 11.8. The van der Waals surface area contributed by atoms with E-state index in [0.717, 1.165) is 11.6 Å². The average Bonchev–Trinajstić information content (AvgIpc) is 2.83. The molecule has 11 heteroatoms. The number of hydrogen-bond donors (Lipinski definition) is 0. The van der Waals surface area contributed by atoms with Crippen LogP contribution in [0.2, 0.25) is 0 Å². The van der Waals surface area contributed by atoms with Gasteiger partial charge in [0.05, 0.1) is 25.5 Å². The zero-order valence-corrected chi connectivity index (χ0v) is 20.5. The second-order valence-electron chi connectivity index (χ2n) is 8.64. The third-order valence-electron chi connectivity index (χ3n) is 6.33. The molecular weight excluding hydrogens is 498 g/mol. The molecule has 0 amide bonds. The fourth-order valence-electron chi connectivity index (χ4n) is 4.96. The predicted octanol–water partition coefficient (Wildman–Crippen LogP) is 5.72. The summed E-state index contributed by atoms with van der Waals surface area (Å²) in [6.07, 6.45) is 1.52. The van der Waals surface area contributed by atoms with E-state index in [1.807, 2.05) is 13.0 Å². The number of hydrogen-bond acceptors (Lipinski definition) is 7. The molecule has 1 aliphatic heterocycles. The fourth-order valence-corrected chi connectivity index (χ4v) is 4.96. The molecule has 0 aromatic heterocycles. The zero-order chi connectivity index (χ0) is 26.7. The van der Waals surface area contributed by atoms with Crippen molar-refractivity contribution >= 4 is 11.7 Å². The van der Waals surface area contributed by atoms with Gasteiger partial charge in [0.25, 0.3) is 0 Å². The number of halogens is 4. The number of ether oxygens (including phenoxy) is 5. The number of carbonyl (C=O) groups is 1. The Morgan fingerprint density at radius 1 is 1.00 bits per heavy atom. The minimum atomic E-state index is -3.24. The molecule has 7 nitrogen and oxygen atoms in total. The zero-order valence-electron chi connectivity index (χ0n) is 20.5. The second-order valence-corrected chi connectivity index (χ2v) is 8.64.